The average molecular weight is 312 g/mol. The van der Waals surface area contributed by atoms with Crippen molar-refractivity contribution < 1.29 is 4.79 Å². The van der Waals surface area contributed by atoms with Gasteiger partial charge in [0.2, 0.25) is 5.91 Å². The van der Waals surface area contributed by atoms with Crippen molar-refractivity contribution in [2.75, 3.05) is 25.0 Å². The Kier molecular flexibility index (Phi) is 5.87. The van der Waals surface area contributed by atoms with Gasteiger partial charge in [0, 0.05) is 18.3 Å². The van der Waals surface area contributed by atoms with E-state index in [2.05, 4.69) is 22.3 Å². The van der Waals surface area contributed by atoms with Gasteiger partial charge in [0.15, 0.2) is 0 Å². The fourth-order valence-electron chi connectivity index (χ4n) is 3.56. The van der Waals surface area contributed by atoms with Crippen LogP contribution in [0.3, 0.4) is 0 Å². The molecule has 2 fully saturated rings. The maximum Gasteiger partial charge on any atom is 0.248 e. The molecular formula is C20H28N2O. The molecule has 1 aromatic carbocycles. The number of nitrogens with one attached hydrogen (secondary N) is 1. The first-order valence-electron chi connectivity index (χ1n) is 9.11. The van der Waals surface area contributed by atoms with E-state index in [0.717, 1.165) is 31.5 Å². The number of amides is 1. The summed E-state index contributed by atoms with van der Waals surface area (Å²) in [5.41, 5.74) is 3.55. The van der Waals surface area contributed by atoms with E-state index < -0.39 is 0 Å². The Balaban J connectivity index is 1.47. The molecule has 0 unspecified atom stereocenters. The van der Waals surface area contributed by atoms with Gasteiger partial charge in [-0.3, -0.25) is 4.79 Å². The molecule has 1 aliphatic carbocycles. The lowest BCUT2D eigenvalue weighted by atomic mass is 9.94. The highest BCUT2D eigenvalue weighted by molar-refractivity contribution is 5.99. The van der Waals surface area contributed by atoms with Gasteiger partial charge in [0.1, 0.15) is 0 Å². The predicted molar refractivity (Wildman–Crippen MR) is 95.6 cm³/mol. The third kappa shape index (κ3) is 5.21. The van der Waals surface area contributed by atoms with Crippen molar-refractivity contribution in [3.8, 4) is 0 Å². The van der Waals surface area contributed by atoms with Crippen molar-refractivity contribution in [2.45, 2.75) is 51.4 Å². The Morgan fingerprint density at radius 2 is 1.70 bits per heavy atom. The van der Waals surface area contributed by atoms with Gasteiger partial charge < -0.3 is 10.2 Å². The molecule has 0 spiro atoms. The van der Waals surface area contributed by atoms with Gasteiger partial charge in [-0.15, -0.1) is 0 Å². The molecule has 2 aliphatic rings. The summed E-state index contributed by atoms with van der Waals surface area (Å²) in [5.74, 6) is 0.0201. The summed E-state index contributed by atoms with van der Waals surface area (Å²) in [4.78, 5) is 14.6. The monoisotopic (exact) mass is 312 g/mol. The van der Waals surface area contributed by atoms with Crippen LogP contribution < -0.4 is 5.32 Å². The van der Waals surface area contributed by atoms with Gasteiger partial charge in [-0.05, 0) is 75.7 Å². The van der Waals surface area contributed by atoms with Gasteiger partial charge in [0.25, 0.3) is 0 Å². The summed E-state index contributed by atoms with van der Waals surface area (Å²) in [6.07, 6.45) is 11.5. The first kappa shape index (κ1) is 16.3. The zero-order valence-electron chi connectivity index (χ0n) is 14.0. The van der Waals surface area contributed by atoms with E-state index >= 15 is 0 Å². The van der Waals surface area contributed by atoms with Gasteiger partial charge in [0.05, 0.1) is 0 Å². The van der Waals surface area contributed by atoms with Crippen molar-refractivity contribution in [1.82, 2.24) is 4.90 Å². The summed E-state index contributed by atoms with van der Waals surface area (Å²) in [7, 11) is 0. The zero-order valence-corrected chi connectivity index (χ0v) is 14.0. The van der Waals surface area contributed by atoms with Crippen LogP contribution in [-0.4, -0.2) is 30.4 Å². The van der Waals surface area contributed by atoms with Crippen LogP contribution in [0.5, 0.6) is 0 Å². The SMILES string of the molecule is O=C(C=C1CCCCC1)Nc1ccc(CCN2CCCC2)cc1. The second-order valence-corrected chi connectivity index (χ2v) is 6.85. The van der Waals surface area contributed by atoms with Crippen molar-refractivity contribution in [3.63, 3.8) is 0 Å². The molecule has 1 saturated heterocycles. The fourth-order valence-corrected chi connectivity index (χ4v) is 3.56. The van der Waals surface area contributed by atoms with Crippen LogP contribution in [0.15, 0.2) is 35.9 Å². The smallest absolute Gasteiger partial charge is 0.248 e. The Morgan fingerprint density at radius 1 is 1.00 bits per heavy atom. The molecule has 0 radical (unpaired) electrons. The minimum Gasteiger partial charge on any atom is -0.323 e. The number of rotatable bonds is 5. The first-order valence-corrected chi connectivity index (χ1v) is 9.11. The second-order valence-electron chi connectivity index (χ2n) is 6.85. The number of allylic oxidation sites excluding steroid dienone is 1. The summed E-state index contributed by atoms with van der Waals surface area (Å²) >= 11 is 0. The molecule has 1 amide bonds. The van der Waals surface area contributed by atoms with Crippen molar-refractivity contribution in [1.29, 1.82) is 0 Å². The molecule has 1 heterocycles. The number of anilines is 1. The van der Waals surface area contributed by atoms with Crippen LogP contribution in [-0.2, 0) is 11.2 Å². The second kappa shape index (κ2) is 8.30. The summed E-state index contributed by atoms with van der Waals surface area (Å²) in [6, 6.07) is 8.33. The highest BCUT2D eigenvalue weighted by atomic mass is 16.1. The number of benzene rings is 1. The molecule has 3 rings (SSSR count). The maximum absolute atomic E-state index is 12.1. The standard InChI is InChI=1S/C20H28N2O/c23-20(16-18-6-2-1-3-7-18)21-19-10-8-17(9-11-19)12-15-22-13-4-5-14-22/h8-11,16H,1-7,12-15H2,(H,21,23). The van der Waals surface area contributed by atoms with Gasteiger partial charge in [-0.2, -0.15) is 0 Å². The summed E-state index contributed by atoms with van der Waals surface area (Å²) in [6.45, 7) is 3.66. The van der Waals surface area contributed by atoms with E-state index in [0.29, 0.717) is 0 Å². The van der Waals surface area contributed by atoms with Crippen LogP contribution in [0.25, 0.3) is 0 Å². The predicted octanol–water partition coefficient (Wildman–Crippen LogP) is 4.15. The molecule has 1 aromatic rings. The number of carbonyl (C=O) groups excluding carboxylic acids is 1. The van der Waals surface area contributed by atoms with Crippen LogP contribution in [0, 0.1) is 0 Å². The number of hydrogen-bond donors (Lipinski definition) is 1. The van der Waals surface area contributed by atoms with Crippen LogP contribution in [0.4, 0.5) is 5.69 Å². The minimum atomic E-state index is 0.0201. The van der Waals surface area contributed by atoms with E-state index in [1.54, 1.807) is 6.08 Å². The van der Waals surface area contributed by atoms with Crippen molar-refractivity contribution in [3.05, 3.63) is 41.5 Å². The topological polar surface area (TPSA) is 32.3 Å². The van der Waals surface area contributed by atoms with Crippen molar-refractivity contribution in [2.24, 2.45) is 0 Å². The molecule has 0 bridgehead atoms. The van der Waals surface area contributed by atoms with Gasteiger partial charge in [-0.1, -0.05) is 24.1 Å². The van der Waals surface area contributed by atoms with E-state index in [9.17, 15) is 4.79 Å². The molecule has 0 aromatic heterocycles. The lowest BCUT2D eigenvalue weighted by Gasteiger charge is -2.14. The normalized spacial score (nSPS) is 18.9. The Morgan fingerprint density at radius 3 is 2.39 bits per heavy atom. The molecule has 3 nitrogen and oxygen atoms in total. The van der Waals surface area contributed by atoms with E-state index in [1.165, 1.54) is 56.3 Å². The van der Waals surface area contributed by atoms with Crippen LogP contribution in [0.1, 0.15) is 50.5 Å². The van der Waals surface area contributed by atoms with Crippen molar-refractivity contribution >= 4 is 11.6 Å². The lowest BCUT2D eigenvalue weighted by Crippen LogP contribution is -2.21. The first-order chi connectivity index (χ1) is 11.3. The molecule has 0 atom stereocenters. The molecule has 124 valence electrons. The molecule has 1 saturated carbocycles. The Bertz CT molecular complexity index is 533. The molecular weight excluding hydrogens is 284 g/mol. The highest BCUT2D eigenvalue weighted by Crippen LogP contribution is 2.22. The fraction of sp³-hybridized carbons (Fsp3) is 0.550. The number of likely N-dealkylation sites (tertiary alicyclic amines) is 1. The average Bonchev–Trinajstić information content (AvgIpc) is 3.08. The van der Waals surface area contributed by atoms with Crippen LogP contribution in [0.2, 0.25) is 0 Å². The molecule has 23 heavy (non-hydrogen) atoms. The quantitative estimate of drug-likeness (QED) is 0.828. The zero-order chi connectivity index (χ0) is 15.9. The number of nitrogens with zero attached hydrogens (tertiary/aromatic N) is 1. The Labute approximate surface area is 139 Å². The van der Waals surface area contributed by atoms with Gasteiger partial charge in [-0.25, -0.2) is 0 Å². The summed E-state index contributed by atoms with van der Waals surface area (Å²) < 4.78 is 0. The number of carbonyl (C=O) groups is 1. The van der Waals surface area contributed by atoms with E-state index in [1.807, 2.05) is 12.1 Å². The van der Waals surface area contributed by atoms with Gasteiger partial charge >= 0.3 is 0 Å². The highest BCUT2D eigenvalue weighted by Gasteiger charge is 2.11. The van der Waals surface area contributed by atoms with E-state index in [-0.39, 0.29) is 5.91 Å². The lowest BCUT2D eigenvalue weighted by molar-refractivity contribution is -0.112. The molecule has 1 aliphatic heterocycles. The largest absolute Gasteiger partial charge is 0.323 e. The summed E-state index contributed by atoms with van der Waals surface area (Å²) in [5, 5.41) is 2.99. The molecule has 3 heteroatoms. The molecule has 1 N–H and O–H groups in total. The van der Waals surface area contributed by atoms with Crippen LogP contribution >= 0.6 is 0 Å². The minimum absolute atomic E-state index is 0.0201. The maximum atomic E-state index is 12.1. The third-order valence-electron chi connectivity index (χ3n) is 4.97. The third-order valence-corrected chi connectivity index (χ3v) is 4.97. The van der Waals surface area contributed by atoms with E-state index in [4.69, 9.17) is 0 Å². The Hall–Kier alpha value is -1.61. The number of hydrogen-bond acceptors (Lipinski definition) is 2.